The number of hydrogen-bond acceptors (Lipinski definition) is 1. The molecular weight excluding hydrogens is 258 g/mol. The lowest BCUT2D eigenvalue weighted by Gasteiger charge is -2.23. The van der Waals surface area contributed by atoms with Crippen LogP contribution in [0.1, 0.15) is 12.5 Å². The van der Waals surface area contributed by atoms with Crippen LogP contribution in [0.4, 0.5) is 0 Å². The van der Waals surface area contributed by atoms with Crippen molar-refractivity contribution >= 4 is 28.3 Å². The quantitative estimate of drug-likeness (QED) is 0.783. The van der Waals surface area contributed by atoms with Crippen molar-refractivity contribution in [3.05, 3.63) is 48.0 Å². The number of carbonyl (C=O) groups excluding carboxylic acids is 1. The molecule has 0 spiro atoms. The fourth-order valence-electron chi connectivity index (χ4n) is 2.08. The molecule has 3 heteroatoms. The minimum atomic E-state index is 0.0594. The summed E-state index contributed by atoms with van der Waals surface area (Å²) in [5, 5.41) is 2.31. The molecule has 1 atom stereocenters. The van der Waals surface area contributed by atoms with E-state index in [1.54, 1.807) is 11.9 Å². The first-order valence-corrected chi connectivity index (χ1v) is 6.95. The monoisotopic (exact) mass is 275 g/mol. The summed E-state index contributed by atoms with van der Waals surface area (Å²) in [7, 11) is 1.81. The summed E-state index contributed by atoms with van der Waals surface area (Å²) in [6.07, 6.45) is 0.416. The first-order chi connectivity index (χ1) is 9.13. The molecule has 2 aromatic carbocycles. The molecule has 2 aromatic rings. The molecule has 0 heterocycles. The second-order valence-corrected chi connectivity index (χ2v) is 5.13. The summed E-state index contributed by atoms with van der Waals surface area (Å²) in [6.45, 7) is 1.95. The fourth-order valence-corrected chi connectivity index (χ4v) is 2.29. The van der Waals surface area contributed by atoms with Gasteiger partial charge in [-0.1, -0.05) is 42.5 Å². The average molecular weight is 276 g/mol. The van der Waals surface area contributed by atoms with Gasteiger partial charge in [-0.25, -0.2) is 0 Å². The highest BCUT2D eigenvalue weighted by Crippen LogP contribution is 2.19. The van der Waals surface area contributed by atoms with E-state index in [-0.39, 0.29) is 11.9 Å². The van der Waals surface area contributed by atoms with Crippen LogP contribution in [0.2, 0.25) is 0 Å². The summed E-state index contributed by atoms with van der Waals surface area (Å²) < 4.78 is 0. The van der Waals surface area contributed by atoms with Gasteiger partial charge in [0.1, 0.15) is 0 Å². The Morgan fingerprint density at radius 3 is 2.63 bits per heavy atom. The Kier molecular flexibility index (Phi) is 4.43. The number of amides is 1. The Bertz CT molecular complexity index is 576. The van der Waals surface area contributed by atoms with E-state index in [1.807, 2.05) is 31.2 Å². The molecule has 0 saturated carbocycles. The van der Waals surface area contributed by atoms with E-state index in [1.165, 1.54) is 5.39 Å². The van der Waals surface area contributed by atoms with Crippen molar-refractivity contribution in [2.45, 2.75) is 19.4 Å². The Morgan fingerprint density at radius 1 is 1.21 bits per heavy atom. The van der Waals surface area contributed by atoms with Crippen molar-refractivity contribution in [3.63, 3.8) is 0 Å². The van der Waals surface area contributed by atoms with Crippen molar-refractivity contribution in [3.8, 4) is 0 Å². The molecule has 0 saturated heterocycles. The van der Waals surface area contributed by atoms with Crippen molar-refractivity contribution in [1.82, 2.24) is 4.90 Å². The van der Waals surface area contributed by atoms with E-state index in [0.717, 1.165) is 10.9 Å². The van der Waals surface area contributed by atoms with Gasteiger partial charge in [0, 0.05) is 19.0 Å². The van der Waals surface area contributed by atoms with Crippen LogP contribution in [0.25, 0.3) is 10.8 Å². The lowest BCUT2D eigenvalue weighted by Crippen LogP contribution is -2.37. The first kappa shape index (κ1) is 13.9. The number of halogens is 1. The molecular formula is C16H18ClNO. The maximum atomic E-state index is 12.2. The number of rotatable bonds is 4. The summed E-state index contributed by atoms with van der Waals surface area (Å²) >= 11 is 5.80. The van der Waals surface area contributed by atoms with Crippen molar-refractivity contribution in [2.24, 2.45) is 0 Å². The number of fused-ring (bicyclic) bond motifs is 1. The van der Waals surface area contributed by atoms with Crippen LogP contribution in [0.15, 0.2) is 42.5 Å². The lowest BCUT2D eigenvalue weighted by atomic mass is 10.0. The number of benzene rings is 2. The molecule has 2 nitrogen and oxygen atoms in total. The van der Waals surface area contributed by atoms with Gasteiger partial charge in [-0.3, -0.25) is 4.79 Å². The van der Waals surface area contributed by atoms with Crippen LogP contribution in [0.5, 0.6) is 0 Å². The SMILES string of the molecule is CC(CCl)N(C)C(=O)Cc1cccc2ccccc12. The maximum absolute atomic E-state index is 12.2. The van der Waals surface area contributed by atoms with Crippen LogP contribution in [-0.2, 0) is 11.2 Å². The van der Waals surface area contributed by atoms with E-state index in [2.05, 4.69) is 18.2 Å². The molecule has 0 aliphatic rings. The van der Waals surface area contributed by atoms with Gasteiger partial charge in [0.15, 0.2) is 0 Å². The van der Waals surface area contributed by atoms with E-state index >= 15 is 0 Å². The third-order valence-electron chi connectivity index (χ3n) is 3.50. The molecule has 0 aliphatic heterocycles. The summed E-state index contributed by atoms with van der Waals surface area (Å²) in [5.41, 5.74) is 1.07. The normalized spacial score (nSPS) is 12.4. The molecule has 2 rings (SSSR count). The number of alkyl halides is 1. The number of carbonyl (C=O) groups is 1. The van der Waals surface area contributed by atoms with Crippen LogP contribution in [0, 0.1) is 0 Å². The second-order valence-electron chi connectivity index (χ2n) is 4.82. The van der Waals surface area contributed by atoms with E-state index < -0.39 is 0 Å². The molecule has 1 unspecified atom stereocenters. The number of likely N-dealkylation sites (N-methyl/N-ethyl adjacent to an activating group) is 1. The predicted octanol–water partition coefficient (Wildman–Crippen LogP) is 3.47. The Balaban J connectivity index is 2.24. The zero-order chi connectivity index (χ0) is 13.8. The Hall–Kier alpha value is -1.54. The predicted molar refractivity (Wildman–Crippen MR) is 80.6 cm³/mol. The van der Waals surface area contributed by atoms with E-state index in [9.17, 15) is 4.79 Å². The summed E-state index contributed by atoms with van der Waals surface area (Å²) in [4.78, 5) is 13.9. The molecule has 0 bridgehead atoms. The van der Waals surface area contributed by atoms with Crippen molar-refractivity contribution in [2.75, 3.05) is 12.9 Å². The molecule has 100 valence electrons. The average Bonchev–Trinajstić information content (AvgIpc) is 2.46. The number of nitrogens with zero attached hydrogens (tertiary/aromatic N) is 1. The van der Waals surface area contributed by atoms with E-state index in [4.69, 9.17) is 11.6 Å². The molecule has 0 aromatic heterocycles. The van der Waals surface area contributed by atoms with Crippen LogP contribution in [-0.4, -0.2) is 29.8 Å². The highest BCUT2D eigenvalue weighted by molar-refractivity contribution is 6.18. The summed E-state index contributed by atoms with van der Waals surface area (Å²) in [5.74, 6) is 0.558. The molecule has 0 fully saturated rings. The van der Waals surface area contributed by atoms with Gasteiger partial charge in [-0.15, -0.1) is 11.6 Å². The third-order valence-corrected chi connectivity index (χ3v) is 3.95. The molecule has 19 heavy (non-hydrogen) atoms. The fraction of sp³-hybridized carbons (Fsp3) is 0.312. The highest BCUT2D eigenvalue weighted by atomic mass is 35.5. The standard InChI is InChI=1S/C16H18ClNO/c1-12(11-17)18(2)16(19)10-14-8-5-7-13-6-3-4-9-15(13)14/h3-9,12H,10-11H2,1-2H3. The van der Waals surface area contributed by atoms with Gasteiger partial charge < -0.3 is 4.90 Å². The lowest BCUT2D eigenvalue weighted by molar-refractivity contribution is -0.130. The van der Waals surface area contributed by atoms with Gasteiger partial charge in [0.2, 0.25) is 5.91 Å². The van der Waals surface area contributed by atoms with Gasteiger partial charge in [0.05, 0.1) is 6.42 Å². The van der Waals surface area contributed by atoms with Crippen molar-refractivity contribution in [1.29, 1.82) is 0 Å². The Labute approximate surface area is 119 Å². The largest absolute Gasteiger partial charge is 0.342 e. The van der Waals surface area contributed by atoms with Gasteiger partial charge >= 0.3 is 0 Å². The molecule has 1 amide bonds. The van der Waals surface area contributed by atoms with Gasteiger partial charge in [-0.2, -0.15) is 0 Å². The first-order valence-electron chi connectivity index (χ1n) is 6.41. The van der Waals surface area contributed by atoms with Gasteiger partial charge in [-0.05, 0) is 23.3 Å². The maximum Gasteiger partial charge on any atom is 0.227 e. The highest BCUT2D eigenvalue weighted by Gasteiger charge is 2.15. The molecule has 0 radical (unpaired) electrons. The van der Waals surface area contributed by atoms with E-state index in [0.29, 0.717) is 12.3 Å². The molecule has 0 aliphatic carbocycles. The zero-order valence-electron chi connectivity index (χ0n) is 11.3. The van der Waals surface area contributed by atoms with Gasteiger partial charge in [0.25, 0.3) is 0 Å². The minimum absolute atomic E-state index is 0.0594. The molecule has 0 N–H and O–H groups in total. The summed E-state index contributed by atoms with van der Waals surface area (Å²) in [6, 6.07) is 14.3. The van der Waals surface area contributed by atoms with Crippen LogP contribution >= 0.6 is 11.6 Å². The zero-order valence-corrected chi connectivity index (χ0v) is 12.0. The smallest absolute Gasteiger partial charge is 0.227 e. The third kappa shape index (κ3) is 3.07. The Morgan fingerprint density at radius 2 is 1.89 bits per heavy atom. The second kappa shape index (κ2) is 6.07. The minimum Gasteiger partial charge on any atom is -0.342 e. The van der Waals surface area contributed by atoms with Crippen molar-refractivity contribution < 1.29 is 4.79 Å². The van der Waals surface area contributed by atoms with Crippen LogP contribution < -0.4 is 0 Å². The topological polar surface area (TPSA) is 20.3 Å². The van der Waals surface area contributed by atoms with Crippen LogP contribution in [0.3, 0.4) is 0 Å². The number of hydrogen-bond donors (Lipinski definition) is 0.